The molecular weight excluding hydrogens is 303 g/mol. The van der Waals surface area contributed by atoms with Crippen molar-refractivity contribution in [3.8, 4) is 17.2 Å². The fraction of sp³-hybridized carbons (Fsp3) is 0.143. The summed E-state index contributed by atoms with van der Waals surface area (Å²) in [6, 6.07) is 7.69. The molecule has 0 radical (unpaired) electrons. The summed E-state index contributed by atoms with van der Waals surface area (Å²) in [4.78, 5) is 10.1. The van der Waals surface area contributed by atoms with E-state index < -0.39 is 16.7 Å². The van der Waals surface area contributed by atoms with E-state index in [9.17, 15) is 23.3 Å². The first-order valence-electron chi connectivity index (χ1n) is 5.99. The Morgan fingerprint density at radius 3 is 2.18 bits per heavy atom. The van der Waals surface area contributed by atoms with Gasteiger partial charge in [0.2, 0.25) is 0 Å². The monoisotopic (exact) mass is 313 g/mol. The maximum atomic E-state index is 12.5. The van der Waals surface area contributed by atoms with E-state index in [-0.39, 0.29) is 22.9 Å². The minimum atomic E-state index is -4.44. The van der Waals surface area contributed by atoms with Gasteiger partial charge in [-0.2, -0.15) is 13.2 Å². The van der Waals surface area contributed by atoms with Gasteiger partial charge in [-0.15, -0.1) is 0 Å². The fourth-order valence-corrected chi connectivity index (χ4v) is 1.70. The van der Waals surface area contributed by atoms with E-state index in [0.29, 0.717) is 0 Å². The number of benzene rings is 2. The number of nitro benzene ring substituents is 1. The Bertz CT molecular complexity index is 683. The van der Waals surface area contributed by atoms with Crippen molar-refractivity contribution in [3.63, 3.8) is 0 Å². The molecule has 0 aliphatic rings. The van der Waals surface area contributed by atoms with Gasteiger partial charge in [0.25, 0.3) is 5.69 Å². The second-order valence-corrected chi connectivity index (χ2v) is 4.22. The Morgan fingerprint density at radius 2 is 1.68 bits per heavy atom. The molecule has 0 amide bonds. The van der Waals surface area contributed by atoms with E-state index >= 15 is 0 Å². The van der Waals surface area contributed by atoms with Crippen molar-refractivity contribution in [2.75, 3.05) is 7.11 Å². The van der Waals surface area contributed by atoms with E-state index in [4.69, 9.17) is 9.47 Å². The summed E-state index contributed by atoms with van der Waals surface area (Å²) in [5, 5.41) is 10.7. The molecule has 0 saturated heterocycles. The van der Waals surface area contributed by atoms with Gasteiger partial charge < -0.3 is 9.47 Å². The summed E-state index contributed by atoms with van der Waals surface area (Å²) >= 11 is 0. The number of alkyl halides is 3. The highest BCUT2D eigenvalue weighted by molar-refractivity contribution is 5.50. The van der Waals surface area contributed by atoms with E-state index in [0.717, 1.165) is 30.3 Å². The quantitative estimate of drug-likeness (QED) is 0.619. The number of halogens is 3. The smallest absolute Gasteiger partial charge is 0.416 e. The van der Waals surface area contributed by atoms with Crippen molar-refractivity contribution >= 4 is 5.69 Å². The first kappa shape index (κ1) is 15.6. The van der Waals surface area contributed by atoms with Crippen molar-refractivity contribution in [2.45, 2.75) is 6.18 Å². The first-order valence-corrected chi connectivity index (χ1v) is 5.99. The molecule has 0 atom stereocenters. The average molecular weight is 313 g/mol. The van der Waals surface area contributed by atoms with Gasteiger partial charge in [0.1, 0.15) is 5.75 Å². The molecule has 0 saturated carbocycles. The molecule has 0 unspecified atom stereocenters. The molecule has 5 nitrogen and oxygen atoms in total. The lowest BCUT2D eigenvalue weighted by Gasteiger charge is -2.11. The van der Waals surface area contributed by atoms with Gasteiger partial charge in [-0.1, -0.05) is 0 Å². The summed E-state index contributed by atoms with van der Waals surface area (Å²) in [6.07, 6.45) is -4.44. The minimum Gasteiger partial charge on any atom is -0.493 e. The number of hydrogen-bond acceptors (Lipinski definition) is 4. The molecule has 22 heavy (non-hydrogen) atoms. The molecule has 0 aliphatic heterocycles. The minimum absolute atomic E-state index is 0.0384. The highest BCUT2D eigenvalue weighted by Crippen LogP contribution is 2.36. The van der Waals surface area contributed by atoms with Crippen LogP contribution in [-0.4, -0.2) is 12.0 Å². The van der Waals surface area contributed by atoms with Crippen LogP contribution >= 0.6 is 0 Å². The van der Waals surface area contributed by atoms with Crippen LogP contribution in [0.5, 0.6) is 17.2 Å². The lowest BCUT2D eigenvalue weighted by atomic mass is 10.2. The van der Waals surface area contributed by atoms with Crippen LogP contribution in [0.3, 0.4) is 0 Å². The largest absolute Gasteiger partial charge is 0.493 e. The molecule has 116 valence electrons. The third-order valence-corrected chi connectivity index (χ3v) is 2.77. The van der Waals surface area contributed by atoms with Crippen LogP contribution in [-0.2, 0) is 6.18 Å². The number of non-ortho nitro benzene ring substituents is 1. The molecular formula is C14H10F3NO4. The molecule has 2 rings (SSSR count). The number of ether oxygens (including phenoxy) is 2. The Hall–Kier alpha value is -2.77. The maximum absolute atomic E-state index is 12.5. The van der Waals surface area contributed by atoms with Crippen molar-refractivity contribution in [1.29, 1.82) is 0 Å². The zero-order chi connectivity index (χ0) is 16.3. The van der Waals surface area contributed by atoms with Crippen molar-refractivity contribution in [1.82, 2.24) is 0 Å². The number of nitro groups is 1. The Balaban J connectivity index is 2.30. The molecule has 0 spiro atoms. The van der Waals surface area contributed by atoms with Crippen LogP contribution in [0.4, 0.5) is 18.9 Å². The molecule has 0 fully saturated rings. The second-order valence-electron chi connectivity index (χ2n) is 4.22. The van der Waals surface area contributed by atoms with Gasteiger partial charge in [-0.3, -0.25) is 10.1 Å². The second kappa shape index (κ2) is 5.92. The molecule has 2 aromatic rings. The van der Waals surface area contributed by atoms with Crippen LogP contribution in [0.25, 0.3) is 0 Å². The first-order chi connectivity index (χ1) is 10.3. The summed E-state index contributed by atoms with van der Waals surface area (Å²) in [6.45, 7) is 0. The third-order valence-electron chi connectivity index (χ3n) is 2.77. The van der Waals surface area contributed by atoms with E-state index in [1.54, 1.807) is 0 Å². The summed E-state index contributed by atoms with van der Waals surface area (Å²) < 4.78 is 47.8. The van der Waals surface area contributed by atoms with E-state index in [2.05, 4.69) is 0 Å². The lowest BCUT2D eigenvalue weighted by molar-refractivity contribution is -0.384. The van der Waals surface area contributed by atoms with Crippen LogP contribution < -0.4 is 9.47 Å². The molecule has 0 aromatic heterocycles. The molecule has 8 heteroatoms. The maximum Gasteiger partial charge on any atom is 0.416 e. The molecule has 0 bridgehead atoms. The van der Waals surface area contributed by atoms with Gasteiger partial charge in [0.15, 0.2) is 11.5 Å². The van der Waals surface area contributed by atoms with Crippen LogP contribution in [0.15, 0.2) is 42.5 Å². The van der Waals surface area contributed by atoms with Crippen molar-refractivity contribution in [3.05, 3.63) is 58.1 Å². The Morgan fingerprint density at radius 1 is 1.05 bits per heavy atom. The summed E-state index contributed by atoms with van der Waals surface area (Å²) in [5.74, 6) is 0.369. The SMILES string of the molecule is COc1ccc([N+](=O)[O-])cc1Oc1ccc(C(F)(F)F)cc1. The van der Waals surface area contributed by atoms with E-state index in [1.807, 2.05) is 0 Å². The predicted molar refractivity (Wildman–Crippen MR) is 71.2 cm³/mol. The third kappa shape index (κ3) is 3.46. The Kier molecular flexibility index (Phi) is 4.20. The van der Waals surface area contributed by atoms with Crippen LogP contribution in [0.1, 0.15) is 5.56 Å². The Labute approximate surface area is 123 Å². The zero-order valence-corrected chi connectivity index (χ0v) is 11.3. The standard InChI is InChI=1S/C14H10F3NO4/c1-21-12-7-4-10(18(19)20)8-13(12)22-11-5-2-9(3-6-11)14(15,16)17/h2-8H,1H3. The van der Waals surface area contributed by atoms with E-state index in [1.165, 1.54) is 19.2 Å². The van der Waals surface area contributed by atoms with Gasteiger partial charge in [0, 0.05) is 6.07 Å². The molecule has 2 aromatic carbocycles. The predicted octanol–water partition coefficient (Wildman–Crippen LogP) is 4.41. The topological polar surface area (TPSA) is 61.6 Å². The highest BCUT2D eigenvalue weighted by atomic mass is 19.4. The van der Waals surface area contributed by atoms with Gasteiger partial charge in [0.05, 0.1) is 23.7 Å². The highest BCUT2D eigenvalue weighted by Gasteiger charge is 2.30. The van der Waals surface area contributed by atoms with Crippen LogP contribution in [0.2, 0.25) is 0 Å². The zero-order valence-electron chi connectivity index (χ0n) is 11.3. The number of nitrogens with zero attached hydrogens (tertiary/aromatic N) is 1. The summed E-state index contributed by atoms with van der Waals surface area (Å²) in [5.41, 5.74) is -1.03. The average Bonchev–Trinajstić information content (AvgIpc) is 2.46. The van der Waals surface area contributed by atoms with Crippen LogP contribution in [0, 0.1) is 10.1 Å². The lowest BCUT2D eigenvalue weighted by Crippen LogP contribution is -2.04. The van der Waals surface area contributed by atoms with Gasteiger partial charge in [-0.05, 0) is 30.3 Å². The van der Waals surface area contributed by atoms with Crippen molar-refractivity contribution < 1.29 is 27.6 Å². The number of hydrogen-bond donors (Lipinski definition) is 0. The number of rotatable bonds is 4. The van der Waals surface area contributed by atoms with Gasteiger partial charge in [-0.25, -0.2) is 0 Å². The van der Waals surface area contributed by atoms with Gasteiger partial charge >= 0.3 is 6.18 Å². The molecule has 0 aliphatic carbocycles. The normalized spacial score (nSPS) is 11.1. The molecule has 0 N–H and O–H groups in total. The fourth-order valence-electron chi connectivity index (χ4n) is 1.70. The number of methoxy groups -OCH3 is 1. The van der Waals surface area contributed by atoms with Crippen molar-refractivity contribution in [2.24, 2.45) is 0 Å². The molecule has 0 heterocycles. The summed E-state index contributed by atoms with van der Waals surface area (Å²) in [7, 11) is 1.35.